The molecule has 2 aliphatic rings. The molecule has 26 heavy (non-hydrogen) atoms. The van der Waals surface area contributed by atoms with Crippen molar-refractivity contribution in [3.63, 3.8) is 0 Å². The molecule has 3 N–H and O–H groups in total. The number of nitrogens with one attached hydrogen (secondary N) is 1. The third-order valence-corrected chi connectivity index (χ3v) is 4.43. The molecule has 0 radical (unpaired) electrons. The fraction of sp³-hybridized carbons (Fsp3) is 0.235. The Bertz CT molecular complexity index is 958. The monoisotopic (exact) mass is 361 g/mol. The summed E-state index contributed by atoms with van der Waals surface area (Å²) in [5.74, 6) is -0.793. The highest BCUT2D eigenvalue weighted by molar-refractivity contribution is 5.98. The summed E-state index contributed by atoms with van der Waals surface area (Å²) >= 11 is 0. The Balaban J connectivity index is 1.93. The van der Waals surface area contributed by atoms with Crippen LogP contribution in [0.2, 0.25) is 0 Å². The largest absolute Gasteiger partial charge is 0.406 e. The number of alkyl halides is 3. The average molecular weight is 361 g/mol. The SMILES string of the molecule is Nc1nccc(-c2cc3c(n2CC(F)(F)F)C(C2=CC=C2)CNC3=O)n1. The van der Waals surface area contributed by atoms with Gasteiger partial charge in [0, 0.05) is 24.4 Å². The summed E-state index contributed by atoms with van der Waals surface area (Å²) in [6.07, 6.45) is 2.39. The van der Waals surface area contributed by atoms with E-state index in [9.17, 15) is 18.0 Å². The van der Waals surface area contributed by atoms with Gasteiger partial charge in [0.05, 0.1) is 17.0 Å². The van der Waals surface area contributed by atoms with Crippen molar-refractivity contribution in [3.05, 3.63) is 53.4 Å². The van der Waals surface area contributed by atoms with Crippen LogP contribution in [0.4, 0.5) is 19.1 Å². The number of carbonyl (C=O) groups is 1. The second kappa shape index (κ2) is 5.72. The number of amides is 1. The van der Waals surface area contributed by atoms with E-state index >= 15 is 0 Å². The van der Waals surface area contributed by atoms with Crippen molar-refractivity contribution >= 4 is 11.9 Å². The molecule has 1 aliphatic heterocycles. The number of hydrogen-bond acceptors (Lipinski definition) is 4. The van der Waals surface area contributed by atoms with Crippen molar-refractivity contribution in [1.82, 2.24) is 19.9 Å². The molecule has 1 aliphatic carbocycles. The molecule has 4 rings (SSSR count). The van der Waals surface area contributed by atoms with E-state index in [-0.39, 0.29) is 35.4 Å². The molecule has 1 atom stereocenters. The van der Waals surface area contributed by atoms with E-state index in [1.54, 1.807) is 0 Å². The van der Waals surface area contributed by atoms with Crippen molar-refractivity contribution in [2.45, 2.75) is 18.6 Å². The molecular weight excluding hydrogens is 347 g/mol. The summed E-state index contributed by atoms with van der Waals surface area (Å²) in [5, 5.41) is 2.74. The quantitative estimate of drug-likeness (QED) is 0.879. The standard InChI is InChI=1S/C17H14F3N5O/c18-17(19,20)8-25-13(12-4-5-22-16(21)24-12)6-10-14(25)11(7-23-15(10)26)9-2-1-3-9/h1-6,11H,7-8H2,(H,23,26)(H2,21,22,24). The van der Waals surface area contributed by atoms with E-state index in [0.717, 1.165) is 10.1 Å². The van der Waals surface area contributed by atoms with Gasteiger partial charge < -0.3 is 15.6 Å². The van der Waals surface area contributed by atoms with Gasteiger partial charge in [0.15, 0.2) is 0 Å². The van der Waals surface area contributed by atoms with Crippen LogP contribution in [0.3, 0.4) is 0 Å². The first kappa shape index (κ1) is 16.4. The zero-order valence-corrected chi connectivity index (χ0v) is 13.4. The molecule has 1 unspecified atom stereocenters. The maximum Gasteiger partial charge on any atom is 0.406 e. The van der Waals surface area contributed by atoms with Crippen LogP contribution in [-0.2, 0) is 6.54 Å². The van der Waals surface area contributed by atoms with Gasteiger partial charge in [-0.15, -0.1) is 0 Å². The molecule has 0 saturated carbocycles. The number of allylic oxidation sites excluding steroid dienone is 3. The minimum atomic E-state index is -4.46. The number of fused-ring (bicyclic) bond motifs is 1. The number of hydrogen-bond donors (Lipinski definition) is 2. The molecule has 134 valence electrons. The van der Waals surface area contributed by atoms with Crippen LogP contribution in [0, 0.1) is 0 Å². The van der Waals surface area contributed by atoms with Crippen molar-refractivity contribution in [2.24, 2.45) is 0 Å². The number of carbonyl (C=O) groups excluding carboxylic acids is 1. The lowest BCUT2D eigenvalue weighted by atomic mass is 9.86. The third-order valence-electron chi connectivity index (χ3n) is 4.43. The van der Waals surface area contributed by atoms with Crippen molar-refractivity contribution in [1.29, 1.82) is 0 Å². The van der Waals surface area contributed by atoms with Gasteiger partial charge in [0.1, 0.15) is 6.54 Å². The lowest BCUT2D eigenvalue weighted by Crippen LogP contribution is -2.37. The van der Waals surface area contributed by atoms with E-state index in [1.165, 1.54) is 18.3 Å². The van der Waals surface area contributed by atoms with E-state index < -0.39 is 18.6 Å². The lowest BCUT2D eigenvalue weighted by molar-refractivity contribution is -0.140. The molecule has 0 spiro atoms. The van der Waals surface area contributed by atoms with Gasteiger partial charge in [0.2, 0.25) is 5.95 Å². The molecule has 6 nitrogen and oxygen atoms in total. The van der Waals surface area contributed by atoms with E-state index in [2.05, 4.69) is 15.3 Å². The Morgan fingerprint density at radius 1 is 1.38 bits per heavy atom. The Kier molecular flexibility index (Phi) is 3.60. The Morgan fingerprint density at radius 2 is 2.15 bits per heavy atom. The maximum atomic E-state index is 13.3. The number of rotatable bonds is 3. The highest BCUT2D eigenvalue weighted by Gasteiger charge is 2.37. The molecule has 0 fully saturated rings. The first-order chi connectivity index (χ1) is 12.3. The maximum absolute atomic E-state index is 13.3. The first-order valence-corrected chi connectivity index (χ1v) is 7.89. The van der Waals surface area contributed by atoms with Crippen LogP contribution in [0.1, 0.15) is 22.0 Å². The summed E-state index contributed by atoms with van der Waals surface area (Å²) in [5.41, 5.74) is 7.44. The zero-order valence-electron chi connectivity index (χ0n) is 13.4. The lowest BCUT2D eigenvalue weighted by Gasteiger charge is -2.29. The van der Waals surface area contributed by atoms with Crippen LogP contribution in [0.5, 0.6) is 0 Å². The normalized spacial score (nSPS) is 18.8. The number of nitrogens with zero attached hydrogens (tertiary/aromatic N) is 3. The minimum absolute atomic E-state index is 0.0501. The fourth-order valence-corrected chi connectivity index (χ4v) is 3.30. The van der Waals surface area contributed by atoms with E-state index in [1.807, 2.05) is 18.2 Å². The molecule has 2 aromatic heterocycles. The number of nitrogens with two attached hydrogens (primary N) is 1. The van der Waals surface area contributed by atoms with Gasteiger partial charge in [0.25, 0.3) is 5.91 Å². The van der Waals surface area contributed by atoms with Gasteiger partial charge in [-0.05, 0) is 17.7 Å². The topological polar surface area (TPSA) is 85.8 Å². The van der Waals surface area contributed by atoms with Gasteiger partial charge in [-0.3, -0.25) is 4.79 Å². The van der Waals surface area contributed by atoms with Crippen LogP contribution in [0.25, 0.3) is 11.4 Å². The highest BCUT2D eigenvalue weighted by atomic mass is 19.4. The average Bonchev–Trinajstić information content (AvgIpc) is 2.87. The third kappa shape index (κ3) is 2.75. The van der Waals surface area contributed by atoms with Crippen molar-refractivity contribution in [3.8, 4) is 11.4 Å². The van der Waals surface area contributed by atoms with Crippen molar-refractivity contribution < 1.29 is 18.0 Å². The summed E-state index contributed by atoms with van der Waals surface area (Å²) in [7, 11) is 0. The number of halogens is 3. The highest BCUT2D eigenvalue weighted by Crippen LogP contribution is 2.39. The zero-order chi connectivity index (χ0) is 18.5. The minimum Gasteiger partial charge on any atom is -0.368 e. The van der Waals surface area contributed by atoms with Crippen LogP contribution in [0.15, 0.2) is 42.1 Å². The van der Waals surface area contributed by atoms with Crippen LogP contribution in [-0.4, -0.2) is 33.2 Å². The number of anilines is 1. The number of aromatic nitrogens is 3. The fourth-order valence-electron chi connectivity index (χ4n) is 3.30. The predicted octanol–water partition coefficient (Wildman–Crippen LogP) is 2.41. The molecule has 3 heterocycles. The molecule has 2 aromatic rings. The molecular formula is C17H14F3N5O. The molecule has 0 aromatic carbocycles. The molecule has 0 bridgehead atoms. The summed E-state index contributed by atoms with van der Waals surface area (Å²) in [6, 6.07) is 2.91. The molecule has 9 heteroatoms. The van der Waals surface area contributed by atoms with Gasteiger partial charge in [-0.2, -0.15) is 13.2 Å². The Labute approximate surface area is 146 Å². The van der Waals surface area contributed by atoms with E-state index in [4.69, 9.17) is 5.73 Å². The van der Waals surface area contributed by atoms with Crippen LogP contribution < -0.4 is 11.1 Å². The summed E-state index contributed by atoms with van der Waals surface area (Å²) in [6.45, 7) is -0.975. The van der Waals surface area contributed by atoms with Crippen LogP contribution >= 0.6 is 0 Å². The Hall–Kier alpha value is -3.10. The van der Waals surface area contributed by atoms with Gasteiger partial charge >= 0.3 is 6.18 Å². The smallest absolute Gasteiger partial charge is 0.368 e. The van der Waals surface area contributed by atoms with E-state index in [0.29, 0.717) is 5.69 Å². The molecule has 0 saturated heterocycles. The molecule has 1 amide bonds. The number of nitrogen functional groups attached to an aromatic ring is 1. The predicted molar refractivity (Wildman–Crippen MR) is 88.2 cm³/mol. The van der Waals surface area contributed by atoms with Gasteiger partial charge in [-0.1, -0.05) is 18.2 Å². The Morgan fingerprint density at radius 3 is 2.77 bits per heavy atom. The van der Waals surface area contributed by atoms with Crippen molar-refractivity contribution in [2.75, 3.05) is 12.3 Å². The van der Waals surface area contributed by atoms with Gasteiger partial charge in [-0.25, -0.2) is 9.97 Å². The first-order valence-electron chi connectivity index (χ1n) is 7.89. The summed E-state index contributed by atoms with van der Waals surface area (Å²) in [4.78, 5) is 20.1. The second-order valence-electron chi connectivity index (χ2n) is 6.12. The summed E-state index contributed by atoms with van der Waals surface area (Å²) < 4.78 is 41.0. The second-order valence-corrected chi connectivity index (χ2v) is 6.12.